The van der Waals surface area contributed by atoms with Gasteiger partial charge in [0.2, 0.25) is 0 Å². The van der Waals surface area contributed by atoms with Crippen molar-refractivity contribution in [3.63, 3.8) is 0 Å². The average Bonchev–Trinajstić information content (AvgIpc) is 3.06. The standard InChI is InChI=1S/C18H22FN5S/c1-14(23-11-3-2-4-12-23)17-21-22-18(25-13-5-10-20)24(17)16-8-6-15(19)7-9-16/h6-9,14H,2-5,11-13H2,1H3. The van der Waals surface area contributed by atoms with Crippen LogP contribution in [0.4, 0.5) is 4.39 Å². The van der Waals surface area contributed by atoms with Gasteiger partial charge in [0, 0.05) is 17.9 Å². The minimum Gasteiger partial charge on any atom is -0.294 e. The number of nitrogens with zero attached hydrogens (tertiary/aromatic N) is 5. The molecule has 25 heavy (non-hydrogen) atoms. The fraction of sp³-hybridized carbons (Fsp3) is 0.500. The van der Waals surface area contributed by atoms with E-state index >= 15 is 0 Å². The summed E-state index contributed by atoms with van der Waals surface area (Å²) in [6.07, 6.45) is 4.15. The zero-order valence-corrected chi connectivity index (χ0v) is 15.2. The Morgan fingerprint density at radius 2 is 1.92 bits per heavy atom. The largest absolute Gasteiger partial charge is 0.294 e. The second kappa shape index (κ2) is 8.45. The van der Waals surface area contributed by atoms with Crippen molar-refractivity contribution in [2.45, 2.75) is 43.8 Å². The van der Waals surface area contributed by atoms with Crippen molar-refractivity contribution in [3.8, 4) is 11.8 Å². The van der Waals surface area contributed by atoms with E-state index in [2.05, 4.69) is 28.1 Å². The summed E-state index contributed by atoms with van der Waals surface area (Å²) >= 11 is 1.51. The molecule has 1 aromatic heterocycles. The van der Waals surface area contributed by atoms with Gasteiger partial charge in [0.1, 0.15) is 5.82 Å². The number of rotatable bonds is 6. The summed E-state index contributed by atoms with van der Waals surface area (Å²) in [5, 5.41) is 18.3. The van der Waals surface area contributed by atoms with E-state index in [0.29, 0.717) is 12.2 Å². The summed E-state index contributed by atoms with van der Waals surface area (Å²) in [6.45, 7) is 4.28. The fourth-order valence-corrected chi connectivity index (χ4v) is 3.94. The lowest BCUT2D eigenvalue weighted by molar-refractivity contribution is 0.167. The number of likely N-dealkylation sites (tertiary alicyclic amines) is 1. The van der Waals surface area contributed by atoms with Crippen molar-refractivity contribution in [1.82, 2.24) is 19.7 Å². The van der Waals surface area contributed by atoms with Crippen LogP contribution in [0.25, 0.3) is 5.69 Å². The van der Waals surface area contributed by atoms with Crippen LogP contribution in [0.15, 0.2) is 29.4 Å². The second-order valence-corrected chi connectivity index (χ2v) is 7.24. The lowest BCUT2D eigenvalue weighted by Gasteiger charge is -2.31. The number of halogens is 1. The molecule has 5 nitrogen and oxygen atoms in total. The first-order valence-corrected chi connectivity index (χ1v) is 9.64. The molecule has 0 radical (unpaired) electrons. The van der Waals surface area contributed by atoms with Gasteiger partial charge in [-0.05, 0) is 57.1 Å². The van der Waals surface area contributed by atoms with Crippen molar-refractivity contribution in [3.05, 3.63) is 35.9 Å². The van der Waals surface area contributed by atoms with Crippen LogP contribution in [0.3, 0.4) is 0 Å². The van der Waals surface area contributed by atoms with Gasteiger partial charge in [0.15, 0.2) is 11.0 Å². The number of thioether (sulfide) groups is 1. The monoisotopic (exact) mass is 359 g/mol. The molecule has 0 bridgehead atoms. The van der Waals surface area contributed by atoms with Crippen LogP contribution in [-0.2, 0) is 0 Å². The first kappa shape index (κ1) is 17.9. The van der Waals surface area contributed by atoms with Crippen molar-refractivity contribution in [2.75, 3.05) is 18.8 Å². The van der Waals surface area contributed by atoms with Gasteiger partial charge < -0.3 is 0 Å². The minimum absolute atomic E-state index is 0.142. The van der Waals surface area contributed by atoms with E-state index in [1.807, 2.05) is 4.57 Å². The van der Waals surface area contributed by atoms with Crippen LogP contribution in [0.5, 0.6) is 0 Å². The van der Waals surface area contributed by atoms with Crippen LogP contribution < -0.4 is 0 Å². The quantitative estimate of drug-likeness (QED) is 0.577. The molecule has 1 unspecified atom stereocenters. The van der Waals surface area contributed by atoms with Crippen LogP contribution in [0, 0.1) is 17.1 Å². The first-order valence-electron chi connectivity index (χ1n) is 8.66. The third kappa shape index (κ3) is 4.20. The van der Waals surface area contributed by atoms with Crippen LogP contribution >= 0.6 is 11.8 Å². The summed E-state index contributed by atoms with van der Waals surface area (Å²) in [6, 6.07) is 8.70. The summed E-state index contributed by atoms with van der Waals surface area (Å²) < 4.78 is 15.3. The van der Waals surface area contributed by atoms with Crippen LogP contribution in [0.1, 0.15) is 44.5 Å². The van der Waals surface area contributed by atoms with Crippen LogP contribution in [-0.4, -0.2) is 38.5 Å². The Hall–Kier alpha value is -1.91. The number of aromatic nitrogens is 3. The Bertz CT molecular complexity index is 731. The maximum Gasteiger partial charge on any atom is 0.195 e. The minimum atomic E-state index is -0.263. The third-order valence-corrected chi connectivity index (χ3v) is 5.43. The van der Waals surface area contributed by atoms with E-state index < -0.39 is 0 Å². The van der Waals surface area contributed by atoms with Gasteiger partial charge >= 0.3 is 0 Å². The highest BCUT2D eigenvalue weighted by Gasteiger charge is 2.25. The van der Waals surface area contributed by atoms with E-state index in [0.717, 1.165) is 29.8 Å². The van der Waals surface area contributed by atoms with Gasteiger partial charge in [0.25, 0.3) is 0 Å². The van der Waals surface area contributed by atoms with Gasteiger partial charge in [-0.2, -0.15) is 5.26 Å². The number of benzene rings is 1. The van der Waals surface area contributed by atoms with E-state index in [1.54, 1.807) is 12.1 Å². The summed E-state index contributed by atoms with van der Waals surface area (Å²) in [5.74, 6) is 1.27. The van der Waals surface area contributed by atoms with Gasteiger partial charge in [-0.3, -0.25) is 9.47 Å². The highest BCUT2D eigenvalue weighted by molar-refractivity contribution is 7.99. The van der Waals surface area contributed by atoms with Gasteiger partial charge in [-0.15, -0.1) is 10.2 Å². The van der Waals surface area contributed by atoms with Gasteiger partial charge in [0.05, 0.1) is 12.1 Å². The van der Waals surface area contributed by atoms with Crippen molar-refractivity contribution in [1.29, 1.82) is 5.26 Å². The topological polar surface area (TPSA) is 57.7 Å². The smallest absolute Gasteiger partial charge is 0.195 e. The molecular formula is C18H22FN5S. The Balaban J connectivity index is 1.93. The van der Waals surface area contributed by atoms with Crippen molar-refractivity contribution >= 4 is 11.8 Å². The van der Waals surface area contributed by atoms with Crippen molar-refractivity contribution in [2.24, 2.45) is 0 Å². The second-order valence-electron chi connectivity index (χ2n) is 6.18. The molecule has 132 valence electrons. The van der Waals surface area contributed by atoms with E-state index in [9.17, 15) is 4.39 Å². The molecule has 1 fully saturated rings. The first-order chi connectivity index (χ1) is 12.2. The van der Waals surface area contributed by atoms with E-state index in [1.165, 1.54) is 43.2 Å². The summed E-state index contributed by atoms with van der Waals surface area (Å²) in [5.41, 5.74) is 0.852. The molecule has 1 saturated heterocycles. The molecular weight excluding hydrogens is 337 g/mol. The Morgan fingerprint density at radius 1 is 1.20 bits per heavy atom. The lowest BCUT2D eigenvalue weighted by Crippen LogP contribution is -2.33. The van der Waals surface area contributed by atoms with E-state index in [-0.39, 0.29) is 11.9 Å². The maximum atomic E-state index is 13.3. The maximum absolute atomic E-state index is 13.3. The molecule has 0 saturated carbocycles. The Labute approximate surface area is 151 Å². The molecule has 0 spiro atoms. The van der Waals surface area contributed by atoms with Gasteiger partial charge in [-0.25, -0.2) is 4.39 Å². The van der Waals surface area contributed by atoms with Crippen LogP contribution in [0.2, 0.25) is 0 Å². The molecule has 2 heterocycles. The normalized spacial score (nSPS) is 16.5. The molecule has 3 rings (SSSR count). The number of hydrogen-bond donors (Lipinski definition) is 0. The Morgan fingerprint density at radius 3 is 2.60 bits per heavy atom. The van der Waals surface area contributed by atoms with E-state index in [4.69, 9.17) is 5.26 Å². The lowest BCUT2D eigenvalue weighted by atomic mass is 10.1. The zero-order chi connectivity index (χ0) is 17.6. The fourth-order valence-electron chi connectivity index (χ4n) is 3.14. The SMILES string of the molecule is CC(c1nnc(SCCC#N)n1-c1ccc(F)cc1)N1CCCCC1. The molecule has 1 aliphatic rings. The predicted octanol–water partition coefficient (Wildman–Crippen LogP) is 3.96. The van der Waals surface area contributed by atoms with Crippen molar-refractivity contribution < 1.29 is 4.39 Å². The number of hydrogen-bond acceptors (Lipinski definition) is 5. The molecule has 1 aliphatic heterocycles. The third-order valence-electron chi connectivity index (χ3n) is 4.50. The molecule has 1 aromatic carbocycles. The predicted molar refractivity (Wildman–Crippen MR) is 96.1 cm³/mol. The molecule has 1 atom stereocenters. The number of nitriles is 1. The average molecular weight is 359 g/mol. The molecule has 0 amide bonds. The highest BCUT2D eigenvalue weighted by Crippen LogP contribution is 2.29. The molecule has 2 aromatic rings. The molecule has 7 heteroatoms. The van der Waals surface area contributed by atoms with Gasteiger partial charge in [-0.1, -0.05) is 18.2 Å². The number of piperidine rings is 1. The summed E-state index contributed by atoms with van der Waals surface area (Å²) in [7, 11) is 0. The zero-order valence-electron chi connectivity index (χ0n) is 14.4. The summed E-state index contributed by atoms with van der Waals surface area (Å²) in [4.78, 5) is 2.43. The molecule has 0 N–H and O–H groups in total. The Kier molecular flexibility index (Phi) is 6.05. The molecule has 0 aliphatic carbocycles. The highest BCUT2D eigenvalue weighted by atomic mass is 32.2.